The Balaban J connectivity index is 1.02. The minimum absolute atomic E-state index is 0.179. The van der Waals surface area contributed by atoms with Crippen LogP contribution in [-0.2, 0) is 32.2 Å². The smallest absolute Gasteiger partial charge is 0.412 e. The number of benzene rings is 2. The molecule has 2 aromatic carbocycles. The van der Waals surface area contributed by atoms with E-state index in [0.717, 1.165) is 72.4 Å². The fourth-order valence-electron chi connectivity index (χ4n) is 10.6. The van der Waals surface area contributed by atoms with Gasteiger partial charge in [0, 0.05) is 35.7 Å². The fourth-order valence-corrected chi connectivity index (χ4v) is 12.9. The number of hydrogen-bond acceptors (Lipinski definition) is 10. The minimum Gasteiger partial charge on any atom is -0.444 e. The lowest BCUT2D eigenvalue weighted by Gasteiger charge is -2.40. The van der Waals surface area contributed by atoms with Crippen molar-refractivity contribution in [3.05, 3.63) is 96.5 Å². The second-order valence-corrected chi connectivity index (χ2v) is 22.8. The zero-order valence-corrected chi connectivity index (χ0v) is 42.4. The highest BCUT2D eigenvalue weighted by atomic mass is 33.1. The number of carbonyl (C=O) groups is 4. The molecule has 8 rings (SSSR count). The molecule has 4 heterocycles. The summed E-state index contributed by atoms with van der Waals surface area (Å²) in [4.78, 5) is 60.8. The van der Waals surface area contributed by atoms with Gasteiger partial charge in [0.1, 0.15) is 17.7 Å². The molecule has 2 saturated carbocycles. The summed E-state index contributed by atoms with van der Waals surface area (Å²) < 4.78 is 15.2. The molecule has 4 aromatic rings. The lowest BCUT2D eigenvalue weighted by Crippen LogP contribution is -2.54. The van der Waals surface area contributed by atoms with Crippen molar-refractivity contribution in [2.24, 2.45) is 11.8 Å². The van der Waals surface area contributed by atoms with Crippen LogP contribution >= 0.6 is 21.6 Å². The molecule has 2 aliphatic carbocycles. The minimum atomic E-state index is -0.958. The van der Waals surface area contributed by atoms with Crippen molar-refractivity contribution in [3.63, 3.8) is 0 Å². The van der Waals surface area contributed by atoms with E-state index in [0.29, 0.717) is 38.0 Å². The number of ether oxygens (including phenoxy) is 2. The van der Waals surface area contributed by atoms with E-state index < -0.39 is 29.9 Å². The van der Waals surface area contributed by atoms with Crippen LogP contribution in [0.5, 0.6) is 0 Å². The number of alkyl carbamates (subject to hydrolysis) is 2. The maximum atomic E-state index is 15.1. The predicted molar refractivity (Wildman–Crippen MR) is 273 cm³/mol. The highest BCUT2D eigenvalue weighted by Gasteiger charge is 2.40. The van der Waals surface area contributed by atoms with Gasteiger partial charge in [-0.15, -0.1) is 0 Å². The first-order valence-electron chi connectivity index (χ1n) is 25.0. The van der Waals surface area contributed by atoms with Crippen LogP contribution in [-0.4, -0.2) is 95.6 Å². The maximum Gasteiger partial charge on any atom is 0.412 e. The molecule has 370 valence electrons. The molecule has 0 unspecified atom stereocenters. The summed E-state index contributed by atoms with van der Waals surface area (Å²) in [5.74, 6) is 1.11. The van der Waals surface area contributed by atoms with Crippen molar-refractivity contribution in [3.8, 4) is 22.5 Å². The second kappa shape index (κ2) is 23.1. The van der Waals surface area contributed by atoms with E-state index in [1.165, 1.54) is 60.1 Å². The van der Waals surface area contributed by atoms with Crippen LogP contribution < -0.4 is 10.6 Å². The largest absolute Gasteiger partial charge is 0.444 e. The van der Waals surface area contributed by atoms with Gasteiger partial charge in [0.05, 0.1) is 53.7 Å². The van der Waals surface area contributed by atoms with Crippen molar-refractivity contribution in [1.82, 2.24) is 40.0 Å². The van der Waals surface area contributed by atoms with Gasteiger partial charge >= 0.3 is 12.2 Å². The number of allylic oxidation sites excluding steroid dienone is 1. The molecule has 4 amide bonds. The van der Waals surface area contributed by atoms with Crippen molar-refractivity contribution >= 4 is 45.6 Å². The number of nitrogens with zero attached hydrogens (tertiary/aromatic N) is 6. The monoisotopic (exact) mass is 978 g/mol. The Morgan fingerprint density at radius 1 is 0.652 bits per heavy atom. The summed E-state index contributed by atoms with van der Waals surface area (Å²) in [6.45, 7) is 12.6. The molecular formula is C53H70N8O6S2. The fraction of sp³-hybridized carbons (Fsp3) is 0.547. The number of aromatic nitrogens is 4. The van der Waals surface area contributed by atoms with Crippen molar-refractivity contribution in [1.29, 1.82) is 0 Å². The molecule has 2 aliphatic heterocycles. The normalized spacial score (nSPS) is 19.7. The molecule has 0 spiro atoms. The van der Waals surface area contributed by atoms with Crippen molar-refractivity contribution in [2.75, 3.05) is 24.6 Å². The summed E-state index contributed by atoms with van der Waals surface area (Å²) in [5, 5.41) is 15.8. The molecule has 2 aromatic heterocycles. The van der Waals surface area contributed by atoms with E-state index in [1.54, 1.807) is 27.7 Å². The second-order valence-electron chi connectivity index (χ2n) is 20.2. The summed E-state index contributed by atoms with van der Waals surface area (Å²) in [6.07, 6.45) is 11.8. The van der Waals surface area contributed by atoms with Gasteiger partial charge in [0.25, 0.3) is 0 Å². The average molecular weight is 979 g/mol. The summed E-state index contributed by atoms with van der Waals surface area (Å²) in [7, 11) is 2.75. The van der Waals surface area contributed by atoms with Crippen LogP contribution in [0.15, 0.2) is 85.1 Å². The van der Waals surface area contributed by atoms with Crippen molar-refractivity contribution < 1.29 is 28.7 Å². The zero-order chi connectivity index (χ0) is 48.5. The molecule has 4 atom stereocenters. The summed E-state index contributed by atoms with van der Waals surface area (Å²) >= 11 is 0. The van der Waals surface area contributed by atoms with Crippen LogP contribution in [0.25, 0.3) is 22.5 Å². The third-order valence-corrected chi connectivity index (χ3v) is 16.3. The zero-order valence-electron chi connectivity index (χ0n) is 40.8. The first-order valence-corrected chi connectivity index (χ1v) is 27.5. The quantitative estimate of drug-likeness (QED) is 0.0630. The van der Waals surface area contributed by atoms with Gasteiger partial charge in [-0.1, -0.05) is 153 Å². The van der Waals surface area contributed by atoms with E-state index in [-0.39, 0.29) is 41.2 Å². The van der Waals surface area contributed by atoms with Crippen LogP contribution in [0.2, 0.25) is 0 Å². The van der Waals surface area contributed by atoms with Gasteiger partial charge in [0.2, 0.25) is 11.8 Å². The molecule has 14 nitrogen and oxygen atoms in total. The summed E-state index contributed by atoms with van der Waals surface area (Å²) in [6, 6.07) is 22.1. The van der Waals surface area contributed by atoms with Crippen LogP contribution in [0, 0.1) is 11.8 Å². The number of hydrogen-bond donors (Lipinski definition) is 2. The highest BCUT2D eigenvalue weighted by molar-refractivity contribution is 8.76. The average Bonchev–Trinajstić information content (AvgIpc) is 3.98. The Morgan fingerprint density at radius 3 is 1.48 bits per heavy atom. The maximum absolute atomic E-state index is 15.1. The van der Waals surface area contributed by atoms with Gasteiger partial charge in [-0.05, 0) is 64.5 Å². The third-order valence-electron chi connectivity index (χ3n) is 13.8. The Bertz CT molecular complexity index is 2390. The molecule has 4 aliphatic rings. The molecule has 0 bridgehead atoms. The Hall–Kier alpha value is -5.22. The lowest BCUT2D eigenvalue weighted by atomic mass is 9.83. The topological polar surface area (TPSA) is 153 Å². The lowest BCUT2D eigenvalue weighted by molar-refractivity contribution is -0.137. The Labute approximate surface area is 415 Å². The van der Waals surface area contributed by atoms with Gasteiger partial charge in [-0.3, -0.25) is 19.0 Å². The molecule has 0 radical (unpaired) electrons. The first kappa shape index (κ1) is 50.2. The summed E-state index contributed by atoms with van der Waals surface area (Å²) in [5.41, 5.74) is 5.01. The number of rotatable bonds is 16. The molecule has 69 heavy (non-hydrogen) atoms. The number of fused-ring (bicyclic) bond motifs is 2. The third kappa shape index (κ3) is 13.2. The molecular weight excluding hydrogens is 909 g/mol. The van der Waals surface area contributed by atoms with Gasteiger partial charge in [0.15, 0.2) is 0 Å². The Kier molecular flexibility index (Phi) is 16.8. The van der Waals surface area contributed by atoms with E-state index in [1.807, 2.05) is 46.2 Å². The number of nitrogens with one attached hydrogen (secondary N) is 2. The molecule has 16 heteroatoms. The Morgan fingerprint density at radius 2 is 1.07 bits per heavy atom. The number of carbonyl (C=O) groups excluding carboxylic acids is 4. The number of amides is 4. The molecule has 2 N–H and O–H groups in total. The van der Waals surface area contributed by atoms with Gasteiger partial charge in [-0.25, -0.2) is 9.59 Å². The highest BCUT2D eigenvalue weighted by Crippen LogP contribution is 2.41. The van der Waals surface area contributed by atoms with Crippen LogP contribution in [0.1, 0.15) is 128 Å². The molecule has 2 fully saturated rings. The molecule has 0 saturated heterocycles. The predicted octanol–water partition coefficient (Wildman–Crippen LogP) is 10.7. The SMILES string of the molecule is C=C(C)OC(=O)N[C@@H](CSSC[C@H](NC(=O)OC(C)(C)C)C(=O)N1CCn2nc(-c3ccccc3)cc2[C@H]1CC1CCCCC1)C(=O)N1CCn2nc(-c3ccccc3)cc2[C@H]1CC1CCCCC1. The standard InChI is InChI=1S/C53H70N8O6S2/c1-36(2)66-51(64)54-43(49(62)58-26-28-60-47(45(58)30-37-18-10-6-11-19-37)32-41(56-60)39-22-14-8-15-23-39)34-68-69-35-44(55-52(65)67-53(3,4)5)50(63)59-27-29-61-48(46(59)31-38-20-12-7-13-21-38)33-42(57-61)40-24-16-9-17-25-40/h8-9,14-17,22-25,32-33,37-38,43-46H,1,6-7,10-13,18-21,26-31,34-35H2,2-5H3,(H,54,64)(H,55,65)/t43-,44-,45+,46+/m0/s1. The van der Waals surface area contributed by atoms with Crippen molar-refractivity contribution in [2.45, 2.75) is 148 Å². The van der Waals surface area contributed by atoms with E-state index in [4.69, 9.17) is 19.7 Å². The van der Waals surface area contributed by atoms with E-state index in [2.05, 4.69) is 63.0 Å². The van der Waals surface area contributed by atoms with Crippen LogP contribution in [0.3, 0.4) is 0 Å². The first-order chi connectivity index (χ1) is 33.3. The van der Waals surface area contributed by atoms with E-state index >= 15 is 9.59 Å². The van der Waals surface area contributed by atoms with E-state index in [9.17, 15) is 9.59 Å². The van der Waals surface area contributed by atoms with Crippen LogP contribution in [0.4, 0.5) is 9.59 Å². The van der Waals surface area contributed by atoms with Gasteiger partial charge < -0.3 is 29.9 Å². The van der Waals surface area contributed by atoms with Gasteiger partial charge in [-0.2, -0.15) is 10.2 Å².